The van der Waals surface area contributed by atoms with Gasteiger partial charge in [0.1, 0.15) is 0 Å². The Morgan fingerprint density at radius 3 is 2.72 bits per heavy atom. The first-order valence-corrected chi connectivity index (χ1v) is 9.57. The Labute approximate surface area is 153 Å². The predicted molar refractivity (Wildman–Crippen MR) is 104 cm³/mol. The lowest BCUT2D eigenvalue weighted by Crippen LogP contribution is -2.22. The van der Waals surface area contributed by atoms with E-state index in [1.165, 1.54) is 16.9 Å². The Bertz CT molecular complexity index is 794. The van der Waals surface area contributed by atoms with Crippen LogP contribution in [0.2, 0.25) is 0 Å². The van der Waals surface area contributed by atoms with Gasteiger partial charge in [-0.2, -0.15) is 0 Å². The SMILES string of the molecule is CCOC(=O)c1ccc(N=Cc2ccc3c(c2)SCCC3(C)C)cc1. The van der Waals surface area contributed by atoms with Crippen molar-refractivity contribution in [2.24, 2.45) is 4.99 Å². The highest BCUT2D eigenvalue weighted by Crippen LogP contribution is 2.41. The van der Waals surface area contributed by atoms with E-state index in [4.69, 9.17) is 4.74 Å². The van der Waals surface area contributed by atoms with Crippen molar-refractivity contribution in [1.82, 2.24) is 0 Å². The van der Waals surface area contributed by atoms with Crippen LogP contribution in [0.1, 0.15) is 48.7 Å². The second-order valence-electron chi connectivity index (χ2n) is 6.76. The molecule has 0 radical (unpaired) electrons. The van der Waals surface area contributed by atoms with Crippen LogP contribution in [0, 0.1) is 0 Å². The fraction of sp³-hybridized carbons (Fsp3) is 0.333. The van der Waals surface area contributed by atoms with E-state index in [-0.39, 0.29) is 11.4 Å². The number of carbonyl (C=O) groups is 1. The van der Waals surface area contributed by atoms with Crippen LogP contribution in [0.25, 0.3) is 0 Å². The number of hydrogen-bond donors (Lipinski definition) is 0. The van der Waals surface area contributed by atoms with Gasteiger partial charge in [-0.25, -0.2) is 4.79 Å². The number of carbonyl (C=O) groups excluding carboxylic acids is 1. The molecule has 0 atom stereocenters. The number of benzene rings is 2. The summed E-state index contributed by atoms with van der Waals surface area (Å²) in [5, 5.41) is 0. The maximum absolute atomic E-state index is 11.7. The third-order valence-corrected chi connectivity index (χ3v) is 5.52. The van der Waals surface area contributed by atoms with Crippen molar-refractivity contribution in [2.45, 2.75) is 37.5 Å². The van der Waals surface area contributed by atoms with Crippen molar-refractivity contribution < 1.29 is 9.53 Å². The van der Waals surface area contributed by atoms with Crippen molar-refractivity contribution in [3.05, 3.63) is 59.2 Å². The molecule has 3 nitrogen and oxygen atoms in total. The average Bonchev–Trinajstić information content (AvgIpc) is 2.60. The van der Waals surface area contributed by atoms with Crippen molar-refractivity contribution in [2.75, 3.05) is 12.4 Å². The van der Waals surface area contributed by atoms with Gasteiger partial charge in [-0.3, -0.25) is 4.99 Å². The predicted octanol–water partition coefficient (Wildman–Crippen LogP) is 5.39. The van der Waals surface area contributed by atoms with Gasteiger partial charge in [0.2, 0.25) is 0 Å². The molecule has 0 spiro atoms. The van der Waals surface area contributed by atoms with Crippen molar-refractivity contribution >= 4 is 29.6 Å². The minimum absolute atomic E-state index is 0.249. The first-order chi connectivity index (χ1) is 12.0. The highest BCUT2D eigenvalue weighted by Gasteiger charge is 2.27. The Morgan fingerprint density at radius 1 is 1.24 bits per heavy atom. The number of fused-ring (bicyclic) bond motifs is 1. The van der Waals surface area contributed by atoms with Gasteiger partial charge in [0.05, 0.1) is 17.9 Å². The molecule has 3 rings (SSSR count). The molecule has 2 aromatic rings. The molecule has 130 valence electrons. The minimum atomic E-state index is -0.299. The lowest BCUT2D eigenvalue weighted by Gasteiger charge is -2.32. The molecule has 25 heavy (non-hydrogen) atoms. The fourth-order valence-electron chi connectivity index (χ4n) is 2.90. The molecule has 0 aliphatic carbocycles. The molecular formula is C21H23NO2S. The van der Waals surface area contributed by atoms with E-state index in [0.29, 0.717) is 12.2 Å². The summed E-state index contributed by atoms with van der Waals surface area (Å²) in [5.74, 6) is 0.864. The molecule has 0 aromatic heterocycles. The maximum atomic E-state index is 11.7. The lowest BCUT2D eigenvalue weighted by atomic mass is 9.81. The molecule has 0 fully saturated rings. The zero-order chi connectivity index (χ0) is 17.9. The van der Waals surface area contributed by atoms with E-state index in [9.17, 15) is 4.79 Å². The Kier molecular flexibility index (Phi) is 5.28. The lowest BCUT2D eigenvalue weighted by molar-refractivity contribution is 0.0526. The molecule has 0 unspecified atom stereocenters. The summed E-state index contributed by atoms with van der Waals surface area (Å²) in [5.41, 5.74) is 4.14. The van der Waals surface area contributed by atoms with Gasteiger partial charge in [0, 0.05) is 11.1 Å². The third-order valence-electron chi connectivity index (χ3n) is 4.46. The van der Waals surface area contributed by atoms with Crippen LogP contribution in [0.3, 0.4) is 0 Å². The van der Waals surface area contributed by atoms with Gasteiger partial charge in [-0.05, 0) is 66.0 Å². The van der Waals surface area contributed by atoms with Gasteiger partial charge < -0.3 is 4.74 Å². The number of hydrogen-bond acceptors (Lipinski definition) is 4. The van der Waals surface area contributed by atoms with Crippen molar-refractivity contribution in [1.29, 1.82) is 0 Å². The van der Waals surface area contributed by atoms with Gasteiger partial charge in [0.15, 0.2) is 0 Å². The molecular weight excluding hydrogens is 330 g/mol. The fourth-order valence-corrected chi connectivity index (χ4v) is 4.45. The third kappa shape index (κ3) is 4.13. The number of aliphatic imine (C=N–C) groups is 1. The van der Waals surface area contributed by atoms with Crippen LogP contribution >= 0.6 is 11.8 Å². The topological polar surface area (TPSA) is 38.7 Å². The van der Waals surface area contributed by atoms with Gasteiger partial charge >= 0.3 is 5.97 Å². The molecule has 1 aliphatic heterocycles. The van der Waals surface area contributed by atoms with Gasteiger partial charge in [0.25, 0.3) is 0 Å². The molecule has 0 saturated carbocycles. The molecule has 1 aliphatic rings. The van der Waals surface area contributed by atoms with Crippen LogP contribution in [-0.4, -0.2) is 24.5 Å². The Morgan fingerprint density at radius 2 is 2.00 bits per heavy atom. The molecule has 1 heterocycles. The van der Waals surface area contributed by atoms with Crippen LogP contribution in [0.15, 0.2) is 52.4 Å². The highest BCUT2D eigenvalue weighted by atomic mass is 32.2. The molecule has 0 saturated heterocycles. The number of thioether (sulfide) groups is 1. The second-order valence-corrected chi connectivity index (χ2v) is 7.90. The van der Waals surface area contributed by atoms with E-state index >= 15 is 0 Å². The zero-order valence-electron chi connectivity index (χ0n) is 14.9. The number of nitrogens with zero attached hydrogens (tertiary/aromatic N) is 1. The Balaban J connectivity index is 1.75. The molecule has 0 N–H and O–H groups in total. The maximum Gasteiger partial charge on any atom is 0.338 e. The summed E-state index contributed by atoms with van der Waals surface area (Å²) in [4.78, 5) is 17.5. The molecule has 0 amide bonds. The van der Waals surface area contributed by atoms with Crippen molar-refractivity contribution in [3.63, 3.8) is 0 Å². The summed E-state index contributed by atoms with van der Waals surface area (Å²) < 4.78 is 4.99. The van der Waals surface area contributed by atoms with E-state index < -0.39 is 0 Å². The van der Waals surface area contributed by atoms with Crippen LogP contribution in [-0.2, 0) is 10.2 Å². The molecule has 4 heteroatoms. The Hall–Kier alpha value is -2.07. The summed E-state index contributed by atoms with van der Waals surface area (Å²) in [6.07, 6.45) is 3.09. The monoisotopic (exact) mass is 353 g/mol. The number of rotatable bonds is 4. The van der Waals surface area contributed by atoms with E-state index in [0.717, 1.165) is 17.0 Å². The van der Waals surface area contributed by atoms with E-state index in [1.807, 2.05) is 30.1 Å². The molecule has 2 aromatic carbocycles. The molecule has 0 bridgehead atoms. The quantitative estimate of drug-likeness (QED) is 0.546. The van der Waals surface area contributed by atoms with E-state index in [2.05, 4.69) is 37.0 Å². The smallest absolute Gasteiger partial charge is 0.338 e. The zero-order valence-corrected chi connectivity index (χ0v) is 15.7. The highest BCUT2D eigenvalue weighted by molar-refractivity contribution is 7.99. The van der Waals surface area contributed by atoms with Crippen LogP contribution in [0.4, 0.5) is 5.69 Å². The summed E-state index contributed by atoms with van der Waals surface area (Å²) in [7, 11) is 0. The van der Waals surface area contributed by atoms with Crippen molar-refractivity contribution in [3.8, 4) is 0 Å². The van der Waals surface area contributed by atoms with Gasteiger partial charge in [-0.15, -0.1) is 11.8 Å². The van der Waals surface area contributed by atoms with Gasteiger partial charge in [-0.1, -0.05) is 26.0 Å². The minimum Gasteiger partial charge on any atom is -0.462 e. The first kappa shape index (κ1) is 17.7. The largest absolute Gasteiger partial charge is 0.462 e. The average molecular weight is 353 g/mol. The summed E-state index contributed by atoms with van der Waals surface area (Å²) in [6.45, 7) is 6.80. The van der Waals surface area contributed by atoms with Crippen LogP contribution in [0.5, 0.6) is 0 Å². The summed E-state index contributed by atoms with van der Waals surface area (Å²) >= 11 is 1.92. The second kappa shape index (κ2) is 7.44. The first-order valence-electron chi connectivity index (χ1n) is 8.58. The van der Waals surface area contributed by atoms with E-state index in [1.54, 1.807) is 19.1 Å². The van der Waals surface area contributed by atoms with Crippen LogP contribution < -0.4 is 0 Å². The number of esters is 1. The number of ether oxygens (including phenoxy) is 1. The normalized spacial score (nSPS) is 15.8. The summed E-state index contributed by atoms with van der Waals surface area (Å²) in [6, 6.07) is 13.7. The standard InChI is InChI=1S/C21H23NO2S/c1-4-24-20(23)16-6-8-17(9-7-16)22-14-15-5-10-18-19(13-15)25-12-11-21(18,2)3/h5-10,13-14H,4,11-12H2,1-3H3.